The molecule has 23 heavy (non-hydrogen) atoms. The van der Waals surface area contributed by atoms with Gasteiger partial charge in [0.2, 0.25) is 17.0 Å². The number of thioether (sulfide) groups is 1. The summed E-state index contributed by atoms with van der Waals surface area (Å²) in [4.78, 5) is 23.7. The molecule has 122 valence electrons. The largest absolute Gasteiger partial charge is 0.346 e. The lowest BCUT2D eigenvalue weighted by molar-refractivity contribution is -0.122. The number of benzene rings is 1. The van der Waals surface area contributed by atoms with Crippen LogP contribution >= 0.6 is 11.8 Å². The van der Waals surface area contributed by atoms with Crippen molar-refractivity contribution in [2.45, 2.75) is 19.0 Å². The molecule has 0 aliphatic rings. The van der Waals surface area contributed by atoms with E-state index in [0.717, 1.165) is 16.8 Å². The third kappa shape index (κ3) is 4.78. The van der Waals surface area contributed by atoms with Crippen LogP contribution in [0.1, 0.15) is 11.1 Å². The summed E-state index contributed by atoms with van der Waals surface area (Å²) >= 11 is 1.21. The topological polar surface area (TPSA) is 102 Å². The predicted molar refractivity (Wildman–Crippen MR) is 87.1 cm³/mol. The van der Waals surface area contributed by atoms with E-state index >= 15 is 0 Å². The molecule has 2 aromatic rings. The smallest absolute Gasteiger partial charge is 0.243 e. The van der Waals surface area contributed by atoms with Crippen molar-refractivity contribution in [2.75, 3.05) is 17.6 Å². The number of amides is 2. The molecule has 0 unspecified atom stereocenters. The maximum absolute atomic E-state index is 11.9. The number of hydrogen-bond acceptors (Lipinski definition) is 6. The molecule has 9 heteroatoms. The average Bonchev–Trinajstić information content (AvgIpc) is 2.92. The van der Waals surface area contributed by atoms with Crippen LogP contribution in [0.2, 0.25) is 0 Å². The molecule has 0 atom stereocenters. The van der Waals surface area contributed by atoms with Crippen LogP contribution in [-0.4, -0.2) is 44.3 Å². The van der Waals surface area contributed by atoms with Gasteiger partial charge in [0.1, 0.15) is 0 Å². The van der Waals surface area contributed by atoms with Crippen LogP contribution in [0.4, 0.5) is 5.69 Å². The first-order valence-corrected chi connectivity index (χ1v) is 7.94. The number of hydrogen-bond donors (Lipinski definition) is 2. The number of aromatic nitrogens is 4. The number of rotatable bonds is 6. The number of nitrogens with zero attached hydrogens (tertiary/aromatic N) is 4. The molecule has 2 rings (SSSR count). The molecule has 1 aromatic heterocycles. The molecule has 0 saturated carbocycles. The number of carbonyl (C=O) groups is 2. The average molecular weight is 334 g/mol. The fourth-order valence-corrected chi connectivity index (χ4v) is 2.58. The van der Waals surface area contributed by atoms with Crippen molar-refractivity contribution in [3.05, 3.63) is 29.3 Å². The first kappa shape index (κ1) is 16.9. The Morgan fingerprint density at radius 2 is 1.91 bits per heavy atom. The highest BCUT2D eigenvalue weighted by Gasteiger charge is 2.11. The number of carbonyl (C=O) groups excluding carboxylic acids is 2. The summed E-state index contributed by atoms with van der Waals surface area (Å²) in [5, 5.41) is 16.8. The van der Waals surface area contributed by atoms with E-state index in [2.05, 4.69) is 26.2 Å². The van der Waals surface area contributed by atoms with Crippen LogP contribution in [0.5, 0.6) is 0 Å². The van der Waals surface area contributed by atoms with Gasteiger partial charge in [0.25, 0.3) is 0 Å². The van der Waals surface area contributed by atoms with Gasteiger partial charge in [-0.15, -0.1) is 5.10 Å². The van der Waals surface area contributed by atoms with E-state index in [1.54, 1.807) is 7.05 Å². The molecule has 0 spiro atoms. The normalized spacial score (nSPS) is 10.4. The molecule has 1 aromatic carbocycles. The van der Waals surface area contributed by atoms with E-state index in [-0.39, 0.29) is 24.1 Å². The van der Waals surface area contributed by atoms with Crippen LogP contribution in [0.25, 0.3) is 0 Å². The molecule has 1 heterocycles. The Kier molecular flexibility index (Phi) is 5.69. The Balaban J connectivity index is 1.78. The number of nitrogens with one attached hydrogen (secondary N) is 2. The van der Waals surface area contributed by atoms with E-state index in [9.17, 15) is 9.59 Å². The van der Waals surface area contributed by atoms with E-state index in [0.29, 0.717) is 5.16 Å². The zero-order valence-corrected chi connectivity index (χ0v) is 14.0. The Morgan fingerprint density at radius 3 is 2.52 bits per heavy atom. The molecule has 2 amide bonds. The summed E-state index contributed by atoms with van der Waals surface area (Å²) in [6.45, 7) is 3.77. The highest BCUT2D eigenvalue weighted by Crippen LogP contribution is 2.19. The lowest BCUT2D eigenvalue weighted by Crippen LogP contribution is -2.34. The SMILES string of the molecule is Cc1cccc(C)c1NC(=O)CNC(=O)CSc1nnnn1C. The fraction of sp³-hybridized carbons (Fsp3) is 0.357. The highest BCUT2D eigenvalue weighted by atomic mass is 32.2. The van der Waals surface area contributed by atoms with Gasteiger partial charge in [-0.25, -0.2) is 4.68 Å². The van der Waals surface area contributed by atoms with Crippen molar-refractivity contribution >= 4 is 29.3 Å². The molecule has 0 fully saturated rings. The van der Waals surface area contributed by atoms with Gasteiger partial charge < -0.3 is 10.6 Å². The third-order valence-electron chi connectivity index (χ3n) is 3.11. The maximum atomic E-state index is 11.9. The van der Waals surface area contributed by atoms with Gasteiger partial charge in [-0.05, 0) is 35.4 Å². The summed E-state index contributed by atoms with van der Waals surface area (Å²) < 4.78 is 1.48. The first-order valence-electron chi connectivity index (χ1n) is 6.95. The maximum Gasteiger partial charge on any atom is 0.243 e. The zero-order valence-electron chi connectivity index (χ0n) is 13.2. The van der Waals surface area contributed by atoms with E-state index in [1.165, 1.54) is 16.4 Å². The number of anilines is 1. The molecule has 0 radical (unpaired) electrons. The van der Waals surface area contributed by atoms with Crippen molar-refractivity contribution in [1.29, 1.82) is 0 Å². The molecule has 0 aliphatic carbocycles. The van der Waals surface area contributed by atoms with Gasteiger partial charge in [-0.3, -0.25) is 9.59 Å². The van der Waals surface area contributed by atoms with Crippen LogP contribution in [0, 0.1) is 13.8 Å². The summed E-state index contributed by atoms with van der Waals surface area (Å²) in [6.07, 6.45) is 0. The van der Waals surface area contributed by atoms with E-state index < -0.39 is 0 Å². The zero-order chi connectivity index (χ0) is 16.8. The Morgan fingerprint density at radius 1 is 1.22 bits per heavy atom. The molecule has 2 N–H and O–H groups in total. The second-order valence-electron chi connectivity index (χ2n) is 4.97. The lowest BCUT2D eigenvalue weighted by atomic mass is 10.1. The number of aryl methyl sites for hydroxylation is 3. The Hall–Kier alpha value is -2.42. The minimum Gasteiger partial charge on any atom is -0.346 e. The second kappa shape index (κ2) is 7.73. The van der Waals surface area contributed by atoms with Crippen molar-refractivity contribution in [1.82, 2.24) is 25.5 Å². The van der Waals surface area contributed by atoms with Crippen molar-refractivity contribution < 1.29 is 9.59 Å². The number of para-hydroxylation sites is 1. The Labute approximate surface area is 138 Å². The third-order valence-corrected chi connectivity index (χ3v) is 4.12. The van der Waals surface area contributed by atoms with E-state index in [4.69, 9.17) is 0 Å². The van der Waals surface area contributed by atoms with Gasteiger partial charge in [0.05, 0.1) is 12.3 Å². The minimum atomic E-state index is -0.263. The van der Waals surface area contributed by atoms with Gasteiger partial charge in [-0.1, -0.05) is 30.0 Å². The minimum absolute atomic E-state index is 0.0791. The molecular weight excluding hydrogens is 316 g/mol. The van der Waals surface area contributed by atoms with Gasteiger partial charge >= 0.3 is 0 Å². The van der Waals surface area contributed by atoms with E-state index in [1.807, 2.05) is 32.0 Å². The van der Waals surface area contributed by atoms with Gasteiger partial charge in [0, 0.05) is 12.7 Å². The summed E-state index contributed by atoms with van der Waals surface area (Å²) in [5.74, 6) is -0.374. The Bertz CT molecular complexity index is 695. The standard InChI is InChI=1S/C14H18N6O2S/c1-9-5-4-6-10(2)13(9)16-11(21)7-15-12(22)8-23-14-17-18-19-20(14)3/h4-6H,7-8H2,1-3H3,(H,15,22)(H,16,21). The van der Waals surface area contributed by atoms with Gasteiger partial charge in [0.15, 0.2) is 0 Å². The molecule has 0 saturated heterocycles. The molecular formula is C14H18N6O2S. The van der Waals surface area contributed by atoms with Crippen LogP contribution in [-0.2, 0) is 16.6 Å². The predicted octanol–water partition coefficient (Wildman–Crippen LogP) is 0.674. The number of tetrazole rings is 1. The van der Waals surface area contributed by atoms with Crippen LogP contribution < -0.4 is 10.6 Å². The quantitative estimate of drug-likeness (QED) is 0.753. The molecule has 8 nitrogen and oxygen atoms in total. The van der Waals surface area contributed by atoms with Crippen molar-refractivity contribution in [3.8, 4) is 0 Å². The monoisotopic (exact) mass is 334 g/mol. The summed E-state index contributed by atoms with van der Waals surface area (Å²) in [6, 6.07) is 5.78. The van der Waals surface area contributed by atoms with Crippen molar-refractivity contribution in [2.24, 2.45) is 7.05 Å². The first-order chi connectivity index (χ1) is 11.0. The summed E-state index contributed by atoms with van der Waals surface area (Å²) in [5.41, 5.74) is 2.75. The lowest BCUT2D eigenvalue weighted by Gasteiger charge is -2.11. The fourth-order valence-electron chi connectivity index (χ4n) is 1.90. The molecule has 0 bridgehead atoms. The van der Waals surface area contributed by atoms with Crippen LogP contribution in [0.3, 0.4) is 0 Å². The highest BCUT2D eigenvalue weighted by molar-refractivity contribution is 7.99. The summed E-state index contributed by atoms with van der Waals surface area (Å²) in [7, 11) is 1.69. The second-order valence-corrected chi connectivity index (χ2v) is 5.91. The van der Waals surface area contributed by atoms with Crippen LogP contribution in [0.15, 0.2) is 23.4 Å². The molecule has 0 aliphatic heterocycles. The van der Waals surface area contributed by atoms with Gasteiger partial charge in [-0.2, -0.15) is 0 Å². The van der Waals surface area contributed by atoms with Crippen molar-refractivity contribution in [3.63, 3.8) is 0 Å².